The summed E-state index contributed by atoms with van der Waals surface area (Å²) in [5, 5.41) is 7.20. The van der Waals surface area contributed by atoms with Gasteiger partial charge in [0.1, 0.15) is 11.5 Å². The molecule has 1 heterocycles. The van der Waals surface area contributed by atoms with E-state index in [-0.39, 0.29) is 11.9 Å². The van der Waals surface area contributed by atoms with E-state index in [1.54, 1.807) is 14.2 Å². The summed E-state index contributed by atoms with van der Waals surface area (Å²) in [5.41, 5.74) is 3.87. The van der Waals surface area contributed by atoms with Crippen LogP contribution in [-0.4, -0.2) is 41.3 Å². The van der Waals surface area contributed by atoms with Crippen LogP contribution in [-0.2, 0) is 17.8 Å². The number of hydrogen-bond acceptors (Lipinski definition) is 4. The second-order valence-corrected chi connectivity index (χ2v) is 7.23. The van der Waals surface area contributed by atoms with Crippen molar-refractivity contribution < 1.29 is 14.3 Å². The molecule has 0 spiro atoms. The Kier molecular flexibility index (Phi) is 6.04. The number of methoxy groups -OCH3 is 2. The maximum absolute atomic E-state index is 13.2. The standard InChI is InChI=1S/C21H29N3O3/c1-14-19(15(2)23-22-14)12-21(25)24(17-7-5-6-8-17)13-16-9-10-18(26-3)11-20(16)27-4/h9-11,17H,5-8,12-13H2,1-4H3,(H,22,23). The van der Waals surface area contributed by atoms with Crippen LogP contribution in [0.3, 0.4) is 0 Å². The van der Waals surface area contributed by atoms with E-state index in [1.807, 2.05) is 36.9 Å². The number of benzene rings is 1. The normalized spacial score (nSPS) is 14.4. The Balaban J connectivity index is 1.84. The number of aryl methyl sites for hydroxylation is 2. The third-order valence-electron chi connectivity index (χ3n) is 5.53. The van der Waals surface area contributed by atoms with Crippen LogP contribution in [0.4, 0.5) is 0 Å². The van der Waals surface area contributed by atoms with Crippen molar-refractivity contribution in [2.24, 2.45) is 0 Å². The van der Waals surface area contributed by atoms with Crippen LogP contribution in [0, 0.1) is 13.8 Å². The monoisotopic (exact) mass is 371 g/mol. The number of aromatic amines is 1. The number of H-pyrrole nitrogens is 1. The molecule has 27 heavy (non-hydrogen) atoms. The predicted octanol–water partition coefficient (Wildman–Crippen LogP) is 3.56. The van der Waals surface area contributed by atoms with Gasteiger partial charge >= 0.3 is 0 Å². The number of nitrogens with zero attached hydrogens (tertiary/aromatic N) is 2. The smallest absolute Gasteiger partial charge is 0.227 e. The maximum atomic E-state index is 13.2. The van der Waals surface area contributed by atoms with Crippen molar-refractivity contribution >= 4 is 5.91 Å². The summed E-state index contributed by atoms with van der Waals surface area (Å²) in [5.74, 6) is 1.65. The quantitative estimate of drug-likeness (QED) is 0.808. The van der Waals surface area contributed by atoms with Gasteiger partial charge in [-0.05, 0) is 38.8 Å². The van der Waals surface area contributed by atoms with Crippen LogP contribution in [0.15, 0.2) is 18.2 Å². The van der Waals surface area contributed by atoms with Crippen molar-refractivity contribution in [2.45, 2.75) is 58.5 Å². The van der Waals surface area contributed by atoms with Crippen LogP contribution >= 0.6 is 0 Å². The highest BCUT2D eigenvalue weighted by atomic mass is 16.5. The van der Waals surface area contributed by atoms with E-state index in [0.29, 0.717) is 13.0 Å². The first-order valence-electron chi connectivity index (χ1n) is 9.54. The second-order valence-electron chi connectivity index (χ2n) is 7.23. The number of ether oxygens (including phenoxy) is 2. The summed E-state index contributed by atoms with van der Waals surface area (Å²) in [7, 11) is 3.29. The molecule has 0 saturated heterocycles. The summed E-state index contributed by atoms with van der Waals surface area (Å²) in [6, 6.07) is 6.06. The number of rotatable bonds is 7. The van der Waals surface area contributed by atoms with Gasteiger partial charge in [0, 0.05) is 35.5 Å². The van der Waals surface area contributed by atoms with Crippen LogP contribution in [0.2, 0.25) is 0 Å². The van der Waals surface area contributed by atoms with Crippen LogP contribution in [0.5, 0.6) is 11.5 Å². The van der Waals surface area contributed by atoms with Gasteiger partial charge in [-0.1, -0.05) is 12.8 Å². The number of nitrogens with one attached hydrogen (secondary N) is 1. The van der Waals surface area contributed by atoms with Gasteiger partial charge in [-0.3, -0.25) is 9.89 Å². The highest BCUT2D eigenvalue weighted by molar-refractivity contribution is 5.79. The Bertz CT molecular complexity index is 774. The first-order chi connectivity index (χ1) is 13.0. The van der Waals surface area contributed by atoms with Crippen LogP contribution in [0.25, 0.3) is 0 Å². The third-order valence-corrected chi connectivity index (χ3v) is 5.53. The molecule has 1 N–H and O–H groups in total. The van der Waals surface area contributed by atoms with E-state index >= 15 is 0 Å². The van der Waals surface area contributed by atoms with Gasteiger partial charge in [-0.25, -0.2) is 0 Å². The van der Waals surface area contributed by atoms with Gasteiger partial charge < -0.3 is 14.4 Å². The van der Waals surface area contributed by atoms with Crippen LogP contribution in [0.1, 0.15) is 48.2 Å². The van der Waals surface area contributed by atoms with Crippen molar-refractivity contribution in [2.75, 3.05) is 14.2 Å². The SMILES string of the molecule is COc1ccc(CN(C(=O)Cc2c(C)n[nH]c2C)C2CCCC2)c(OC)c1. The number of aromatic nitrogens is 2. The van der Waals surface area contributed by atoms with Gasteiger partial charge in [-0.2, -0.15) is 5.10 Å². The number of carbonyl (C=O) groups excluding carboxylic acids is 1. The molecule has 1 aliphatic carbocycles. The summed E-state index contributed by atoms with van der Waals surface area (Å²) in [6.07, 6.45) is 4.86. The Morgan fingerprint density at radius 1 is 1.22 bits per heavy atom. The van der Waals surface area contributed by atoms with E-state index in [9.17, 15) is 4.79 Å². The molecule has 6 heteroatoms. The van der Waals surface area contributed by atoms with Gasteiger partial charge in [0.05, 0.1) is 26.3 Å². The lowest BCUT2D eigenvalue weighted by molar-refractivity contribution is -0.133. The highest BCUT2D eigenvalue weighted by Gasteiger charge is 2.28. The van der Waals surface area contributed by atoms with Gasteiger partial charge in [0.25, 0.3) is 0 Å². The lowest BCUT2D eigenvalue weighted by Crippen LogP contribution is -2.39. The second kappa shape index (κ2) is 8.46. The Morgan fingerprint density at radius 3 is 2.56 bits per heavy atom. The van der Waals surface area contributed by atoms with Gasteiger partial charge in [0.15, 0.2) is 0 Å². The first-order valence-corrected chi connectivity index (χ1v) is 9.54. The van der Waals surface area contributed by atoms with Crippen molar-refractivity contribution in [3.63, 3.8) is 0 Å². The number of hydrogen-bond donors (Lipinski definition) is 1. The molecule has 1 aliphatic rings. The molecule has 0 unspecified atom stereocenters. The molecule has 1 fully saturated rings. The van der Waals surface area contributed by atoms with Crippen molar-refractivity contribution in [3.8, 4) is 11.5 Å². The predicted molar refractivity (Wildman–Crippen MR) is 104 cm³/mol. The molecule has 1 saturated carbocycles. The average Bonchev–Trinajstić information content (AvgIpc) is 3.31. The summed E-state index contributed by atoms with van der Waals surface area (Å²) in [6.45, 7) is 4.46. The zero-order valence-electron chi connectivity index (χ0n) is 16.7. The lowest BCUT2D eigenvalue weighted by Gasteiger charge is -2.30. The van der Waals surface area contributed by atoms with E-state index in [2.05, 4.69) is 10.2 Å². The fourth-order valence-corrected chi connectivity index (χ4v) is 3.89. The lowest BCUT2D eigenvalue weighted by atomic mass is 10.1. The largest absolute Gasteiger partial charge is 0.497 e. The molecule has 0 bridgehead atoms. The fraction of sp³-hybridized carbons (Fsp3) is 0.524. The fourth-order valence-electron chi connectivity index (χ4n) is 3.89. The molecule has 3 rings (SSSR count). The molecule has 1 aromatic carbocycles. The molecule has 6 nitrogen and oxygen atoms in total. The molecule has 0 atom stereocenters. The Morgan fingerprint density at radius 2 is 1.96 bits per heavy atom. The topological polar surface area (TPSA) is 67.5 Å². The van der Waals surface area contributed by atoms with Crippen LogP contribution < -0.4 is 9.47 Å². The minimum atomic E-state index is 0.146. The van der Waals surface area contributed by atoms with Gasteiger partial charge in [-0.15, -0.1) is 0 Å². The van der Waals surface area contributed by atoms with Crippen molar-refractivity contribution in [1.29, 1.82) is 0 Å². The molecule has 1 aromatic heterocycles. The zero-order chi connectivity index (χ0) is 19.4. The number of amides is 1. The van der Waals surface area contributed by atoms with E-state index in [0.717, 1.165) is 46.9 Å². The van der Waals surface area contributed by atoms with E-state index in [1.165, 1.54) is 12.8 Å². The Labute approximate surface area is 160 Å². The van der Waals surface area contributed by atoms with E-state index in [4.69, 9.17) is 9.47 Å². The first kappa shape index (κ1) is 19.3. The minimum absolute atomic E-state index is 0.146. The Hall–Kier alpha value is -2.50. The van der Waals surface area contributed by atoms with E-state index < -0.39 is 0 Å². The van der Waals surface area contributed by atoms with Crippen molar-refractivity contribution in [3.05, 3.63) is 40.7 Å². The highest BCUT2D eigenvalue weighted by Crippen LogP contribution is 2.30. The summed E-state index contributed by atoms with van der Waals surface area (Å²) >= 11 is 0. The molecule has 1 amide bonds. The molecular weight excluding hydrogens is 342 g/mol. The minimum Gasteiger partial charge on any atom is -0.497 e. The summed E-state index contributed by atoms with van der Waals surface area (Å²) in [4.78, 5) is 15.3. The van der Waals surface area contributed by atoms with Crippen molar-refractivity contribution in [1.82, 2.24) is 15.1 Å². The molecule has 146 valence electrons. The molecule has 2 aromatic rings. The number of carbonyl (C=O) groups is 1. The molecular formula is C21H29N3O3. The third kappa shape index (κ3) is 4.26. The summed E-state index contributed by atoms with van der Waals surface area (Å²) < 4.78 is 10.8. The molecule has 0 aliphatic heterocycles. The molecule has 0 radical (unpaired) electrons. The zero-order valence-corrected chi connectivity index (χ0v) is 16.7. The van der Waals surface area contributed by atoms with Gasteiger partial charge in [0.2, 0.25) is 5.91 Å². The average molecular weight is 371 g/mol. The maximum Gasteiger partial charge on any atom is 0.227 e.